The van der Waals surface area contributed by atoms with Crippen LogP contribution in [0.3, 0.4) is 0 Å². The van der Waals surface area contributed by atoms with Gasteiger partial charge >= 0.3 is 11.7 Å². The Morgan fingerprint density at radius 1 is 1.31 bits per heavy atom. The molecule has 0 aromatic carbocycles. The minimum Gasteiger partial charge on any atom is -0.480 e. The standard InChI is InChI=1S/C18H25N3O8/c1-17(27)11-18(29-8-12(17)21-5-2-13(22)19-16(21)26)3-6-20(7-4-18)14(23)9-28-10-15(24)25/h2,5,12,27H,3-4,6-11H2,1H3,(H,24,25)(H,19,22,26)/t12-,17-/m0/s1. The fourth-order valence-electron chi connectivity index (χ4n) is 4.11. The number of rotatable bonds is 5. The smallest absolute Gasteiger partial charge is 0.329 e. The molecule has 0 aliphatic carbocycles. The van der Waals surface area contributed by atoms with Gasteiger partial charge in [-0.3, -0.25) is 19.1 Å². The average Bonchev–Trinajstić information content (AvgIpc) is 2.62. The van der Waals surface area contributed by atoms with Crippen LogP contribution >= 0.6 is 0 Å². The minimum atomic E-state index is -1.25. The summed E-state index contributed by atoms with van der Waals surface area (Å²) in [5.74, 6) is -1.43. The van der Waals surface area contributed by atoms with Crippen molar-refractivity contribution in [2.24, 2.45) is 0 Å². The number of nitrogens with one attached hydrogen (secondary N) is 1. The van der Waals surface area contributed by atoms with Gasteiger partial charge in [-0.25, -0.2) is 9.59 Å². The highest BCUT2D eigenvalue weighted by molar-refractivity contribution is 5.78. The highest BCUT2D eigenvalue weighted by atomic mass is 16.5. The van der Waals surface area contributed by atoms with Gasteiger partial charge in [0.1, 0.15) is 13.2 Å². The van der Waals surface area contributed by atoms with E-state index in [1.165, 1.54) is 16.8 Å². The van der Waals surface area contributed by atoms with Gasteiger partial charge in [0.2, 0.25) is 5.91 Å². The third-order valence-corrected chi connectivity index (χ3v) is 5.61. The normalized spacial score (nSPS) is 26.4. The molecule has 3 N–H and O–H groups in total. The zero-order chi connectivity index (χ0) is 21.2. The van der Waals surface area contributed by atoms with Crippen LogP contribution in [-0.4, -0.2) is 80.7 Å². The van der Waals surface area contributed by atoms with E-state index < -0.39 is 41.1 Å². The van der Waals surface area contributed by atoms with Crippen molar-refractivity contribution < 1.29 is 29.3 Å². The second kappa shape index (κ2) is 8.09. The van der Waals surface area contributed by atoms with Gasteiger partial charge < -0.3 is 24.6 Å². The zero-order valence-electron chi connectivity index (χ0n) is 16.1. The summed E-state index contributed by atoms with van der Waals surface area (Å²) in [6.45, 7) is 1.70. The van der Waals surface area contributed by atoms with E-state index in [-0.39, 0.29) is 25.5 Å². The number of carbonyl (C=O) groups excluding carboxylic acids is 1. The third kappa shape index (κ3) is 4.74. The lowest BCUT2D eigenvalue weighted by Gasteiger charge is -2.51. The molecule has 160 valence electrons. The van der Waals surface area contributed by atoms with Crippen LogP contribution in [0.2, 0.25) is 0 Å². The molecule has 0 radical (unpaired) electrons. The predicted octanol–water partition coefficient (Wildman–Crippen LogP) is -1.29. The zero-order valence-corrected chi connectivity index (χ0v) is 16.1. The van der Waals surface area contributed by atoms with Crippen LogP contribution in [0.25, 0.3) is 0 Å². The second-order valence-corrected chi connectivity index (χ2v) is 7.83. The van der Waals surface area contributed by atoms with E-state index in [9.17, 15) is 24.3 Å². The molecule has 2 aliphatic rings. The van der Waals surface area contributed by atoms with Gasteiger partial charge in [0.15, 0.2) is 0 Å². The molecule has 2 fully saturated rings. The number of aromatic amines is 1. The molecule has 1 aromatic heterocycles. The summed E-state index contributed by atoms with van der Waals surface area (Å²) in [5.41, 5.74) is -2.99. The summed E-state index contributed by atoms with van der Waals surface area (Å²) in [5, 5.41) is 19.6. The summed E-state index contributed by atoms with van der Waals surface area (Å²) in [6.07, 6.45) is 2.62. The highest BCUT2D eigenvalue weighted by Crippen LogP contribution is 2.43. The molecule has 2 saturated heterocycles. The topological polar surface area (TPSA) is 151 Å². The number of amides is 1. The van der Waals surface area contributed by atoms with Crippen molar-refractivity contribution in [2.45, 2.75) is 43.4 Å². The summed E-state index contributed by atoms with van der Waals surface area (Å²) in [6, 6.07) is 0.569. The Morgan fingerprint density at radius 3 is 2.59 bits per heavy atom. The average molecular weight is 411 g/mol. The maximum atomic E-state index is 12.1. The number of aliphatic carboxylic acids is 1. The van der Waals surface area contributed by atoms with E-state index in [0.29, 0.717) is 25.9 Å². The Morgan fingerprint density at radius 2 is 2.00 bits per heavy atom. The van der Waals surface area contributed by atoms with E-state index in [0.717, 1.165) is 0 Å². The first-order valence-corrected chi connectivity index (χ1v) is 9.37. The SMILES string of the molecule is C[C@]1(O)CC2(CCN(C(=O)COCC(=O)O)CC2)OC[C@@H]1n1ccc(=O)[nH]c1=O. The van der Waals surface area contributed by atoms with Gasteiger partial charge in [-0.15, -0.1) is 0 Å². The number of aliphatic hydroxyl groups is 1. The molecule has 0 bridgehead atoms. The van der Waals surface area contributed by atoms with Crippen LogP contribution in [-0.2, 0) is 19.1 Å². The van der Waals surface area contributed by atoms with Crippen LogP contribution in [0.5, 0.6) is 0 Å². The summed E-state index contributed by atoms with van der Waals surface area (Å²) < 4.78 is 12.2. The Labute approximate surface area is 165 Å². The first-order chi connectivity index (χ1) is 13.6. The lowest BCUT2D eigenvalue weighted by Crippen LogP contribution is -2.59. The van der Waals surface area contributed by atoms with E-state index in [2.05, 4.69) is 4.98 Å². The van der Waals surface area contributed by atoms with Gasteiger partial charge in [0.05, 0.1) is 23.9 Å². The molecule has 11 nitrogen and oxygen atoms in total. The van der Waals surface area contributed by atoms with E-state index in [1.807, 2.05) is 0 Å². The van der Waals surface area contributed by atoms with E-state index in [1.54, 1.807) is 11.8 Å². The van der Waals surface area contributed by atoms with Crippen molar-refractivity contribution in [1.82, 2.24) is 14.5 Å². The van der Waals surface area contributed by atoms with E-state index >= 15 is 0 Å². The molecule has 1 aromatic rings. The number of carboxylic acid groups (broad SMARTS) is 1. The molecule has 0 saturated carbocycles. The second-order valence-electron chi connectivity index (χ2n) is 7.83. The molecule has 3 rings (SSSR count). The number of aromatic nitrogens is 2. The van der Waals surface area contributed by atoms with Gasteiger partial charge in [-0.05, 0) is 19.8 Å². The molecule has 29 heavy (non-hydrogen) atoms. The Balaban J connectivity index is 1.61. The number of hydrogen-bond donors (Lipinski definition) is 3. The van der Waals surface area contributed by atoms with Crippen molar-refractivity contribution in [2.75, 3.05) is 32.9 Å². The van der Waals surface area contributed by atoms with Crippen molar-refractivity contribution in [3.8, 4) is 0 Å². The van der Waals surface area contributed by atoms with Crippen LogP contribution in [0.1, 0.15) is 32.2 Å². The van der Waals surface area contributed by atoms with Crippen molar-refractivity contribution in [3.63, 3.8) is 0 Å². The number of carboxylic acids is 1. The largest absolute Gasteiger partial charge is 0.480 e. The van der Waals surface area contributed by atoms with Gasteiger partial charge in [0, 0.05) is 31.8 Å². The lowest BCUT2D eigenvalue weighted by atomic mass is 9.75. The monoisotopic (exact) mass is 411 g/mol. The predicted molar refractivity (Wildman–Crippen MR) is 98.6 cm³/mol. The first-order valence-electron chi connectivity index (χ1n) is 9.37. The molecule has 3 heterocycles. The van der Waals surface area contributed by atoms with Crippen LogP contribution in [0.15, 0.2) is 21.9 Å². The van der Waals surface area contributed by atoms with Crippen molar-refractivity contribution >= 4 is 11.9 Å². The Bertz CT molecular complexity index is 882. The maximum Gasteiger partial charge on any atom is 0.329 e. The summed E-state index contributed by atoms with van der Waals surface area (Å²) in [7, 11) is 0. The molecule has 1 spiro atoms. The molecule has 0 unspecified atom stereocenters. The fraction of sp³-hybridized carbons (Fsp3) is 0.667. The van der Waals surface area contributed by atoms with Crippen LogP contribution < -0.4 is 11.2 Å². The van der Waals surface area contributed by atoms with E-state index in [4.69, 9.17) is 14.6 Å². The molecule has 2 aliphatic heterocycles. The van der Waals surface area contributed by atoms with Gasteiger partial charge in [-0.2, -0.15) is 0 Å². The van der Waals surface area contributed by atoms with Gasteiger partial charge in [0.25, 0.3) is 5.56 Å². The molecular formula is C18H25N3O8. The number of likely N-dealkylation sites (tertiary alicyclic amines) is 1. The maximum absolute atomic E-state index is 12.1. The van der Waals surface area contributed by atoms with Crippen molar-refractivity contribution in [3.05, 3.63) is 33.1 Å². The Kier molecular flexibility index (Phi) is 5.92. The number of nitrogens with zero attached hydrogens (tertiary/aromatic N) is 2. The van der Waals surface area contributed by atoms with Gasteiger partial charge in [-0.1, -0.05) is 0 Å². The summed E-state index contributed by atoms with van der Waals surface area (Å²) >= 11 is 0. The third-order valence-electron chi connectivity index (χ3n) is 5.61. The lowest BCUT2D eigenvalue weighted by molar-refractivity contribution is -0.198. The highest BCUT2D eigenvalue weighted by Gasteiger charge is 2.50. The first kappa shape index (κ1) is 21.2. The molecular weight excluding hydrogens is 386 g/mol. The number of ether oxygens (including phenoxy) is 2. The number of hydrogen-bond acceptors (Lipinski definition) is 7. The fourth-order valence-corrected chi connectivity index (χ4v) is 4.11. The molecule has 11 heteroatoms. The Hall–Kier alpha value is -2.50. The van der Waals surface area contributed by atoms with Crippen LogP contribution in [0.4, 0.5) is 0 Å². The van der Waals surface area contributed by atoms with Crippen molar-refractivity contribution in [1.29, 1.82) is 0 Å². The number of piperidine rings is 1. The van der Waals surface area contributed by atoms with Crippen LogP contribution in [0, 0.1) is 0 Å². The molecule has 1 amide bonds. The number of H-pyrrole nitrogens is 1. The number of carbonyl (C=O) groups is 2. The minimum absolute atomic E-state index is 0.0919. The summed E-state index contributed by atoms with van der Waals surface area (Å²) in [4.78, 5) is 49.7. The quantitative estimate of drug-likeness (QED) is 0.541. The molecule has 2 atom stereocenters.